The number of hydrogen-bond acceptors (Lipinski definition) is 1. The van der Waals surface area contributed by atoms with Crippen molar-refractivity contribution in [2.75, 3.05) is 5.88 Å². The second kappa shape index (κ2) is 7.32. The Morgan fingerprint density at radius 2 is 1.70 bits per heavy atom. The predicted molar refractivity (Wildman–Crippen MR) is 83.2 cm³/mol. The highest BCUT2D eigenvalue weighted by Crippen LogP contribution is 2.15. The Bertz CT molecular complexity index is 554. The average molecular weight is 308 g/mol. The lowest BCUT2D eigenvalue weighted by atomic mass is 10.1. The molecule has 0 saturated carbocycles. The van der Waals surface area contributed by atoms with Crippen LogP contribution in [0.25, 0.3) is 0 Å². The average Bonchev–Trinajstić information content (AvgIpc) is 2.48. The van der Waals surface area contributed by atoms with E-state index in [9.17, 15) is 4.79 Å². The van der Waals surface area contributed by atoms with E-state index in [1.165, 1.54) is 0 Å². The Morgan fingerprint density at radius 1 is 1.05 bits per heavy atom. The number of nitrogens with one attached hydrogen (secondary N) is 1. The molecule has 0 fully saturated rings. The van der Waals surface area contributed by atoms with E-state index in [0.29, 0.717) is 17.3 Å². The van der Waals surface area contributed by atoms with Crippen LogP contribution in [-0.2, 0) is 11.2 Å². The van der Waals surface area contributed by atoms with E-state index in [2.05, 4.69) is 5.32 Å². The Balaban J connectivity index is 1.97. The maximum Gasteiger partial charge on any atom is 0.224 e. The van der Waals surface area contributed by atoms with Gasteiger partial charge in [-0.1, -0.05) is 54.1 Å². The predicted octanol–water partition coefficient (Wildman–Crippen LogP) is 3.98. The van der Waals surface area contributed by atoms with Gasteiger partial charge in [0.15, 0.2) is 0 Å². The third-order valence-electron chi connectivity index (χ3n) is 2.97. The molecule has 0 saturated heterocycles. The number of carbonyl (C=O) groups excluding carboxylic acids is 1. The molecule has 4 heteroatoms. The molecule has 0 spiro atoms. The Labute approximate surface area is 128 Å². The highest BCUT2D eigenvalue weighted by molar-refractivity contribution is 6.30. The minimum atomic E-state index is -0.169. The van der Waals surface area contributed by atoms with E-state index in [4.69, 9.17) is 23.2 Å². The summed E-state index contributed by atoms with van der Waals surface area (Å²) in [5.41, 5.74) is 1.93. The molecular formula is C16H15Cl2NO. The SMILES string of the molecule is O=C(Cc1ccc(Cl)cc1)NC(CCl)c1ccccc1. The fourth-order valence-corrected chi connectivity index (χ4v) is 2.31. The Morgan fingerprint density at radius 3 is 2.30 bits per heavy atom. The number of alkyl halides is 1. The van der Waals surface area contributed by atoms with E-state index in [1.807, 2.05) is 42.5 Å². The summed E-state index contributed by atoms with van der Waals surface area (Å²) < 4.78 is 0. The molecule has 0 bridgehead atoms. The third-order valence-corrected chi connectivity index (χ3v) is 3.53. The van der Waals surface area contributed by atoms with Gasteiger partial charge in [-0.25, -0.2) is 0 Å². The largest absolute Gasteiger partial charge is 0.348 e. The molecule has 0 aliphatic carbocycles. The molecule has 2 aromatic carbocycles. The van der Waals surface area contributed by atoms with E-state index in [1.54, 1.807) is 12.1 Å². The molecule has 2 aromatic rings. The van der Waals surface area contributed by atoms with E-state index < -0.39 is 0 Å². The highest BCUT2D eigenvalue weighted by Gasteiger charge is 2.13. The monoisotopic (exact) mass is 307 g/mol. The topological polar surface area (TPSA) is 29.1 Å². The molecule has 0 aliphatic heterocycles. The van der Waals surface area contributed by atoms with Crippen LogP contribution >= 0.6 is 23.2 Å². The van der Waals surface area contributed by atoms with Gasteiger partial charge >= 0.3 is 0 Å². The molecule has 0 aromatic heterocycles. The lowest BCUT2D eigenvalue weighted by Crippen LogP contribution is -2.30. The van der Waals surface area contributed by atoms with Gasteiger partial charge in [0.25, 0.3) is 0 Å². The minimum absolute atomic E-state index is 0.0539. The van der Waals surface area contributed by atoms with E-state index in [0.717, 1.165) is 11.1 Å². The summed E-state index contributed by atoms with van der Waals surface area (Å²) in [4.78, 5) is 12.0. The van der Waals surface area contributed by atoms with Gasteiger partial charge in [0.1, 0.15) is 0 Å². The molecule has 1 unspecified atom stereocenters. The van der Waals surface area contributed by atoms with Crippen molar-refractivity contribution in [3.05, 3.63) is 70.7 Å². The van der Waals surface area contributed by atoms with Crippen molar-refractivity contribution >= 4 is 29.1 Å². The molecule has 2 nitrogen and oxygen atoms in total. The maximum absolute atomic E-state index is 12.0. The minimum Gasteiger partial charge on any atom is -0.348 e. The fraction of sp³-hybridized carbons (Fsp3) is 0.188. The van der Waals surface area contributed by atoms with Crippen molar-refractivity contribution in [3.8, 4) is 0 Å². The van der Waals surface area contributed by atoms with Gasteiger partial charge in [0.05, 0.1) is 12.5 Å². The van der Waals surface area contributed by atoms with Crippen molar-refractivity contribution in [2.45, 2.75) is 12.5 Å². The summed E-state index contributed by atoms with van der Waals surface area (Å²) in [7, 11) is 0. The second-order valence-corrected chi connectivity index (χ2v) is 5.23. The van der Waals surface area contributed by atoms with Crippen molar-refractivity contribution in [1.29, 1.82) is 0 Å². The fourth-order valence-electron chi connectivity index (χ4n) is 1.93. The quantitative estimate of drug-likeness (QED) is 0.832. The normalized spacial score (nSPS) is 11.9. The summed E-state index contributed by atoms with van der Waals surface area (Å²) in [6, 6.07) is 16.8. The second-order valence-electron chi connectivity index (χ2n) is 4.49. The summed E-state index contributed by atoms with van der Waals surface area (Å²) in [5.74, 6) is 0.290. The van der Waals surface area contributed by atoms with Gasteiger partial charge in [-0.2, -0.15) is 0 Å². The number of halogens is 2. The number of benzene rings is 2. The van der Waals surface area contributed by atoms with Gasteiger partial charge in [0.2, 0.25) is 5.91 Å². The standard InChI is InChI=1S/C16H15Cl2NO/c17-11-15(13-4-2-1-3-5-13)19-16(20)10-12-6-8-14(18)9-7-12/h1-9,15H,10-11H2,(H,19,20). The number of hydrogen-bond donors (Lipinski definition) is 1. The molecular weight excluding hydrogens is 293 g/mol. The summed E-state index contributed by atoms with van der Waals surface area (Å²) in [6.07, 6.45) is 0.317. The van der Waals surface area contributed by atoms with Gasteiger partial charge in [-0.15, -0.1) is 11.6 Å². The summed E-state index contributed by atoms with van der Waals surface area (Å²) in [6.45, 7) is 0. The molecule has 0 radical (unpaired) electrons. The number of carbonyl (C=O) groups is 1. The van der Waals surface area contributed by atoms with Crippen LogP contribution in [0.5, 0.6) is 0 Å². The highest BCUT2D eigenvalue weighted by atomic mass is 35.5. The van der Waals surface area contributed by atoms with Crippen LogP contribution in [-0.4, -0.2) is 11.8 Å². The van der Waals surface area contributed by atoms with Crippen LogP contribution in [0.1, 0.15) is 17.2 Å². The van der Waals surface area contributed by atoms with Crippen molar-refractivity contribution in [2.24, 2.45) is 0 Å². The van der Waals surface area contributed by atoms with Crippen molar-refractivity contribution in [3.63, 3.8) is 0 Å². The lowest BCUT2D eigenvalue weighted by Gasteiger charge is -2.16. The van der Waals surface area contributed by atoms with E-state index >= 15 is 0 Å². The Hall–Kier alpha value is -1.51. The molecule has 0 heterocycles. The number of rotatable bonds is 5. The van der Waals surface area contributed by atoms with Crippen molar-refractivity contribution in [1.82, 2.24) is 5.32 Å². The number of amides is 1. The van der Waals surface area contributed by atoms with Gasteiger partial charge in [0, 0.05) is 10.9 Å². The first-order chi connectivity index (χ1) is 9.69. The van der Waals surface area contributed by atoms with Crippen LogP contribution < -0.4 is 5.32 Å². The first-order valence-electron chi connectivity index (χ1n) is 6.34. The van der Waals surface area contributed by atoms with Crippen LogP contribution in [0.4, 0.5) is 0 Å². The lowest BCUT2D eigenvalue weighted by molar-refractivity contribution is -0.121. The molecule has 104 valence electrons. The van der Waals surface area contributed by atoms with Crippen molar-refractivity contribution < 1.29 is 4.79 Å². The third kappa shape index (κ3) is 4.26. The zero-order chi connectivity index (χ0) is 14.4. The van der Waals surface area contributed by atoms with Gasteiger partial charge in [-0.3, -0.25) is 4.79 Å². The molecule has 1 atom stereocenters. The van der Waals surface area contributed by atoms with Crippen LogP contribution in [0.2, 0.25) is 5.02 Å². The van der Waals surface area contributed by atoms with Crippen LogP contribution in [0.15, 0.2) is 54.6 Å². The smallest absolute Gasteiger partial charge is 0.224 e. The van der Waals surface area contributed by atoms with Gasteiger partial charge < -0.3 is 5.32 Å². The maximum atomic E-state index is 12.0. The van der Waals surface area contributed by atoms with Crippen LogP contribution in [0.3, 0.4) is 0 Å². The summed E-state index contributed by atoms with van der Waals surface area (Å²) >= 11 is 11.8. The molecule has 1 N–H and O–H groups in total. The first kappa shape index (κ1) is 14.9. The Kier molecular flexibility index (Phi) is 5.45. The van der Waals surface area contributed by atoms with Gasteiger partial charge in [-0.05, 0) is 23.3 Å². The summed E-state index contributed by atoms with van der Waals surface area (Å²) in [5, 5.41) is 3.61. The zero-order valence-electron chi connectivity index (χ0n) is 10.9. The first-order valence-corrected chi connectivity index (χ1v) is 7.25. The molecule has 20 heavy (non-hydrogen) atoms. The molecule has 1 amide bonds. The van der Waals surface area contributed by atoms with E-state index in [-0.39, 0.29) is 11.9 Å². The molecule has 2 rings (SSSR count). The zero-order valence-corrected chi connectivity index (χ0v) is 12.4. The molecule has 0 aliphatic rings. The van der Waals surface area contributed by atoms with Crippen LogP contribution in [0, 0.1) is 0 Å².